The van der Waals surface area contributed by atoms with Gasteiger partial charge in [0, 0.05) is 10.5 Å². The summed E-state index contributed by atoms with van der Waals surface area (Å²) in [5, 5.41) is 0. The molecule has 0 aliphatic rings. The third-order valence-electron chi connectivity index (χ3n) is 4.06. The number of aromatic nitrogens is 1. The zero-order valence-electron chi connectivity index (χ0n) is 15.6. The van der Waals surface area contributed by atoms with Gasteiger partial charge in [0.2, 0.25) is 0 Å². The minimum Gasteiger partial charge on any atom is -0.293 e. The lowest BCUT2D eigenvalue weighted by Gasteiger charge is -2.23. The van der Waals surface area contributed by atoms with Gasteiger partial charge in [0.15, 0.2) is 5.78 Å². The van der Waals surface area contributed by atoms with E-state index in [0.29, 0.717) is 17.9 Å². The van der Waals surface area contributed by atoms with Crippen molar-refractivity contribution in [2.75, 3.05) is 4.90 Å². The maximum atomic E-state index is 12.8. The Balaban J connectivity index is 2.73. The zero-order valence-corrected chi connectivity index (χ0v) is 17.8. The number of amides is 1. The van der Waals surface area contributed by atoms with Gasteiger partial charge in [-0.2, -0.15) is 0 Å². The van der Waals surface area contributed by atoms with Gasteiger partial charge in [-0.25, -0.2) is 4.98 Å². The summed E-state index contributed by atoms with van der Waals surface area (Å²) in [5.74, 6) is 5.16. The summed E-state index contributed by atoms with van der Waals surface area (Å²) in [7, 11) is 0. The minimum atomic E-state index is -0.373. The second-order valence-corrected chi connectivity index (χ2v) is 7.15. The number of halogens is 1. The van der Waals surface area contributed by atoms with E-state index in [9.17, 15) is 9.59 Å². The second-order valence-electron chi connectivity index (χ2n) is 5.99. The number of pyridine rings is 1. The number of benzene rings is 1. The molecule has 0 aliphatic heterocycles. The van der Waals surface area contributed by atoms with Crippen molar-refractivity contribution in [2.24, 2.45) is 0 Å². The lowest BCUT2D eigenvalue weighted by Crippen LogP contribution is -2.27. The van der Waals surface area contributed by atoms with E-state index in [1.54, 1.807) is 13.0 Å². The fraction of sp³-hybridized carbons (Fsp3) is 0.286. The van der Waals surface area contributed by atoms with E-state index in [1.807, 2.05) is 39.0 Å². The average molecular weight is 460 g/mol. The Labute approximate surface area is 168 Å². The number of nitrogens with zero attached hydrogens (tertiary/aromatic N) is 2. The van der Waals surface area contributed by atoms with Crippen LogP contribution < -0.4 is 4.90 Å². The first-order chi connectivity index (χ1) is 12.3. The molecule has 4 nitrogen and oxygen atoms in total. The number of rotatable bonds is 4. The molecule has 0 aliphatic carbocycles. The van der Waals surface area contributed by atoms with E-state index >= 15 is 0 Å². The Morgan fingerprint density at radius 3 is 2.46 bits per heavy atom. The number of hydrogen-bond acceptors (Lipinski definition) is 3. The van der Waals surface area contributed by atoms with Crippen LogP contribution in [0.1, 0.15) is 48.0 Å². The Morgan fingerprint density at radius 1 is 1.19 bits per heavy atom. The molecule has 26 heavy (non-hydrogen) atoms. The van der Waals surface area contributed by atoms with Gasteiger partial charge in [0.1, 0.15) is 11.5 Å². The molecule has 5 heteroatoms. The van der Waals surface area contributed by atoms with Crippen LogP contribution in [0.15, 0.2) is 24.3 Å². The molecule has 2 aromatic rings. The molecule has 0 saturated heterocycles. The highest BCUT2D eigenvalue weighted by Gasteiger charge is 2.22. The molecule has 0 unspecified atom stereocenters. The van der Waals surface area contributed by atoms with Gasteiger partial charge < -0.3 is 0 Å². The third kappa shape index (κ3) is 4.13. The molecular formula is C21H21IN2O2. The molecule has 1 aromatic heterocycles. The van der Waals surface area contributed by atoms with Gasteiger partial charge in [-0.3, -0.25) is 14.5 Å². The molecule has 134 valence electrons. The fourth-order valence-electron chi connectivity index (χ4n) is 2.70. The van der Waals surface area contributed by atoms with Crippen molar-refractivity contribution in [3.05, 3.63) is 50.2 Å². The van der Waals surface area contributed by atoms with E-state index < -0.39 is 0 Å². The van der Waals surface area contributed by atoms with Crippen LogP contribution in [0.2, 0.25) is 0 Å². The van der Waals surface area contributed by atoms with E-state index in [0.717, 1.165) is 25.9 Å². The summed E-state index contributed by atoms with van der Waals surface area (Å²) >= 11 is 2.27. The van der Waals surface area contributed by atoms with Crippen LogP contribution in [0, 0.1) is 29.3 Å². The van der Waals surface area contributed by atoms with E-state index in [2.05, 4.69) is 39.4 Å². The summed E-state index contributed by atoms with van der Waals surface area (Å²) in [5.41, 5.74) is 3.99. The largest absolute Gasteiger partial charge is 0.308 e. The quantitative estimate of drug-likeness (QED) is 0.376. The number of Topliss-reactive ketones (excluding diaryl/α,β-unsaturated/α-hetero) is 1. The average Bonchev–Trinajstić information content (AvgIpc) is 2.59. The summed E-state index contributed by atoms with van der Waals surface area (Å²) in [6.07, 6.45) is 0.701. The van der Waals surface area contributed by atoms with Crippen molar-refractivity contribution in [1.82, 2.24) is 4.98 Å². The lowest BCUT2D eigenvalue weighted by atomic mass is 10.1. The fourth-order valence-corrected chi connectivity index (χ4v) is 3.32. The Bertz CT molecular complexity index is 939. The number of ketones is 1. The van der Waals surface area contributed by atoms with Gasteiger partial charge in [-0.15, -0.1) is 0 Å². The van der Waals surface area contributed by atoms with Crippen molar-refractivity contribution >= 4 is 45.8 Å². The molecule has 1 amide bonds. The number of hydrogen-bond donors (Lipinski definition) is 0. The summed E-state index contributed by atoms with van der Waals surface area (Å²) in [6.45, 7) is 9.03. The summed E-state index contributed by atoms with van der Waals surface area (Å²) < 4.78 is 1.12. The molecule has 0 radical (unpaired) electrons. The van der Waals surface area contributed by atoms with Crippen LogP contribution in [0.25, 0.3) is 0 Å². The van der Waals surface area contributed by atoms with Crippen LogP contribution >= 0.6 is 22.6 Å². The van der Waals surface area contributed by atoms with Crippen LogP contribution in [0.3, 0.4) is 0 Å². The van der Waals surface area contributed by atoms with Gasteiger partial charge in [0.05, 0.1) is 5.69 Å². The predicted molar refractivity (Wildman–Crippen MR) is 113 cm³/mol. The summed E-state index contributed by atoms with van der Waals surface area (Å²) in [4.78, 5) is 30.7. The first-order valence-electron chi connectivity index (χ1n) is 8.34. The molecule has 1 aromatic carbocycles. The predicted octanol–water partition coefficient (Wildman–Crippen LogP) is 4.76. The molecule has 2 rings (SSSR count). The van der Waals surface area contributed by atoms with Crippen molar-refractivity contribution in [3.63, 3.8) is 0 Å². The maximum absolute atomic E-state index is 12.8. The third-order valence-corrected chi connectivity index (χ3v) is 5.22. The second kappa shape index (κ2) is 8.45. The standard InChI is InChI=1S/C21H21IN2O2/c1-6-8-20(26)24(18-12-13(3)17(22)11-14(18)4)19-10-9-16(7-2)21(23-19)15(5)25/h9-12H,7H2,1-5H3. The molecule has 0 saturated carbocycles. The van der Waals surface area contributed by atoms with Crippen LogP contribution in [-0.2, 0) is 11.2 Å². The van der Waals surface area contributed by atoms with Crippen molar-refractivity contribution in [3.8, 4) is 11.8 Å². The lowest BCUT2D eigenvalue weighted by molar-refractivity contribution is -0.112. The zero-order chi connectivity index (χ0) is 19.4. The Kier molecular flexibility index (Phi) is 6.54. The van der Waals surface area contributed by atoms with Gasteiger partial charge in [0.25, 0.3) is 0 Å². The van der Waals surface area contributed by atoms with Crippen LogP contribution in [-0.4, -0.2) is 16.7 Å². The van der Waals surface area contributed by atoms with Crippen LogP contribution in [0.5, 0.6) is 0 Å². The van der Waals surface area contributed by atoms with Gasteiger partial charge in [-0.1, -0.05) is 18.9 Å². The SMILES string of the molecule is CC#CC(=O)N(c1ccc(CC)c(C(C)=O)n1)c1cc(C)c(I)cc1C. The van der Waals surface area contributed by atoms with E-state index in [4.69, 9.17) is 0 Å². The van der Waals surface area contributed by atoms with E-state index in [-0.39, 0.29) is 11.7 Å². The molecule has 0 N–H and O–H groups in total. The molecule has 0 spiro atoms. The van der Waals surface area contributed by atoms with Crippen molar-refractivity contribution in [2.45, 2.75) is 41.0 Å². The highest BCUT2D eigenvalue weighted by molar-refractivity contribution is 14.1. The molecule has 0 bridgehead atoms. The highest BCUT2D eigenvalue weighted by Crippen LogP contribution is 2.31. The first-order valence-corrected chi connectivity index (χ1v) is 9.42. The number of carbonyl (C=O) groups is 2. The van der Waals surface area contributed by atoms with E-state index in [1.165, 1.54) is 11.8 Å². The number of aryl methyl sites for hydroxylation is 3. The molecule has 0 atom stereocenters. The minimum absolute atomic E-state index is 0.117. The maximum Gasteiger partial charge on any atom is 0.308 e. The Hall–Kier alpha value is -2.20. The number of carbonyl (C=O) groups excluding carboxylic acids is 2. The monoisotopic (exact) mass is 460 g/mol. The summed E-state index contributed by atoms with van der Waals surface area (Å²) in [6, 6.07) is 7.60. The number of anilines is 2. The molecule has 1 heterocycles. The molecular weight excluding hydrogens is 439 g/mol. The smallest absolute Gasteiger partial charge is 0.293 e. The highest BCUT2D eigenvalue weighted by atomic mass is 127. The van der Waals surface area contributed by atoms with Crippen molar-refractivity contribution in [1.29, 1.82) is 0 Å². The first kappa shape index (κ1) is 20.1. The normalized spacial score (nSPS) is 10.1. The van der Waals surface area contributed by atoms with Gasteiger partial charge in [-0.05, 0) is 90.6 Å². The van der Waals surface area contributed by atoms with Crippen LogP contribution in [0.4, 0.5) is 11.5 Å². The topological polar surface area (TPSA) is 50.3 Å². The van der Waals surface area contributed by atoms with Gasteiger partial charge >= 0.3 is 5.91 Å². The Morgan fingerprint density at radius 2 is 1.88 bits per heavy atom. The molecule has 0 fully saturated rings. The van der Waals surface area contributed by atoms with Crippen molar-refractivity contribution < 1.29 is 9.59 Å².